The van der Waals surface area contributed by atoms with Crippen molar-refractivity contribution >= 4 is 5.69 Å². The van der Waals surface area contributed by atoms with E-state index in [1.165, 1.54) is 17.2 Å². The third-order valence-corrected chi connectivity index (χ3v) is 3.85. The highest BCUT2D eigenvalue weighted by Gasteiger charge is 2.11. The summed E-state index contributed by atoms with van der Waals surface area (Å²) in [5.74, 6) is -0.200. The summed E-state index contributed by atoms with van der Waals surface area (Å²) in [5.41, 5.74) is 9.63. The second-order valence-electron chi connectivity index (χ2n) is 5.31. The van der Waals surface area contributed by atoms with Crippen LogP contribution < -0.4 is 10.6 Å². The molecule has 0 aliphatic rings. The fourth-order valence-electron chi connectivity index (χ4n) is 2.60. The second-order valence-corrected chi connectivity index (χ2v) is 5.31. The average Bonchev–Trinajstić information content (AvgIpc) is 2.48. The van der Waals surface area contributed by atoms with Crippen LogP contribution in [0.4, 0.5) is 10.1 Å². The third-order valence-electron chi connectivity index (χ3n) is 3.85. The van der Waals surface area contributed by atoms with Crippen LogP contribution in [0, 0.1) is 12.7 Å². The van der Waals surface area contributed by atoms with E-state index < -0.39 is 0 Å². The maximum Gasteiger partial charge on any atom is 0.125 e. The number of anilines is 1. The largest absolute Gasteiger partial charge is 0.372 e. The highest BCUT2D eigenvalue weighted by molar-refractivity contribution is 5.46. The number of hydrogen-bond donors (Lipinski definition) is 1. The first-order chi connectivity index (χ1) is 10.1. The van der Waals surface area contributed by atoms with Crippen LogP contribution >= 0.6 is 0 Å². The van der Waals surface area contributed by atoms with E-state index in [1.807, 2.05) is 18.2 Å². The van der Waals surface area contributed by atoms with Crippen molar-refractivity contribution < 1.29 is 4.39 Å². The molecule has 0 radical (unpaired) electrons. The van der Waals surface area contributed by atoms with Crippen LogP contribution in [0.1, 0.15) is 30.5 Å². The predicted octanol–water partition coefficient (Wildman–Crippen LogP) is 4.05. The summed E-state index contributed by atoms with van der Waals surface area (Å²) >= 11 is 0. The van der Waals surface area contributed by atoms with E-state index >= 15 is 0 Å². The third kappa shape index (κ3) is 4.05. The van der Waals surface area contributed by atoms with Gasteiger partial charge in [-0.2, -0.15) is 0 Å². The number of benzene rings is 2. The zero-order chi connectivity index (χ0) is 15.2. The van der Waals surface area contributed by atoms with Crippen molar-refractivity contribution in [1.29, 1.82) is 0 Å². The van der Waals surface area contributed by atoms with Gasteiger partial charge in [-0.3, -0.25) is 0 Å². The lowest BCUT2D eigenvalue weighted by molar-refractivity contribution is 0.617. The van der Waals surface area contributed by atoms with Crippen molar-refractivity contribution in [3.63, 3.8) is 0 Å². The van der Waals surface area contributed by atoms with Gasteiger partial charge in [-0.25, -0.2) is 4.39 Å². The van der Waals surface area contributed by atoms with Crippen LogP contribution in [0.3, 0.4) is 0 Å². The Kier molecular flexibility index (Phi) is 5.34. The number of rotatable bonds is 6. The normalized spacial score (nSPS) is 12.2. The lowest BCUT2D eigenvalue weighted by Crippen LogP contribution is -2.27. The molecule has 0 amide bonds. The van der Waals surface area contributed by atoms with Gasteiger partial charge in [0.05, 0.1) is 0 Å². The van der Waals surface area contributed by atoms with E-state index in [0.29, 0.717) is 0 Å². The van der Waals surface area contributed by atoms with Gasteiger partial charge in [-0.05, 0) is 49.6 Å². The highest BCUT2D eigenvalue weighted by Crippen LogP contribution is 2.21. The molecule has 2 nitrogen and oxygen atoms in total. The lowest BCUT2D eigenvalue weighted by Gasteiger charge is -2.25. The molecule has 112 valence electrons. The summed E-state index contributed by atoms with van der Waals surface area (Å²) < 4.78 is 13.3. The van der Waals surface area contributed by atoms with Crippen LogP contribution in [0.15, 0.2) is 48.5 Å². The average molecular weight is 286 g/mol. The minimum Gasteiger partial charge on any atom is -0.372 e. The van der Waals surface area contributed by atoms with E-state index in [9.17, 15) is 4.39 Å². The smallest absolute Gasteiger partial charge is 0.125 e. The number of aryl methyl sites for hydroxylation is 1. The molecule has 21 heavy (non-hydrogen) atoms. The van der Waals surface area contributed by atoms with Gasteiger partial charge in [0.1, 0.15) is 5.82 Å². The van der Waals surface area contributed by atoms with Crippen molar-refractivity contribution in [1.82, 2.24) is 0 Å². The topological polar surface area (TPSA) is 29.3 Å². The molecule has 0 aromatic heterocycles. The molecule has 2 aromatic rings. The molecule has 0 aliphatic carbocycles. The van der Waals surface area contributed by atoms with Crippen LogP contribution in [-0.4, -0.2) is 13.1 Å². The summed E-state index contributed by atoms with van der Waals surface area (Å²) in [7, 11) is 0. The maximum atomic E-state index is 13.3. The minimum absolute atomic E-state index is 0.00816. The van der Waals surface area contributed by atoms with E-state index in [4.69, 9.17) is 5.73 Å². The first-order valence-electron chi connectivity index (χ1n) is 7.43. The fraction of sp³-hybridized carbons (Fsp3) is 0.333. The molecule has 0 heterocycles. The lowest BCUT2D eigenvalue weighted by atomic mass is 9.99. The number of hydrogen-bond acceptors (Lipinski definition) is 2. The summed E-state index contributed by atoms with van der Waals surface area (Å²) in [5, 5.41) is 0. The molecule has 0 fully saturated rings. The van der Waals surface area contributed by atoms with Gasteiger partial charge in [0.25, 0.3) is 0 Å². The Morgan fingerprint density at radius 3 is 2.57 bits per heavy atom. The van der Waals surface area contributed by atoms with Crippen molar-refractivity contribution in [3.05, 3.63) is 65.5 Å². The first-order valence-corrected chi connectivity index (χ1v) is 7.43. The van der Waals surface area contributed by atoms with Crippen molar-refractivity contribution in [2.24, 2.45) is 5.73 Å². The summed E-state index contributed by atoms with van der Waals surface area (Å²) in [6.45, 7) is 5.81. The van der Waals surface area contributed by atoms with Crippen molar-refractivity contribution in [2.45, 2.75) is 26.3 Å². The molecule has 0 saturated heterocycles. The molecule has 0 aliphatic heterocycles. The van der Waals surface area contributed by atoms with Gasteiger partial charge >= 0.3 is 0 Å². The Hall–Kier alpha value is -1.87. The Labute approximate surface area is 126 Å². The number of halogens is 1. The van der Waals surface area contributed by atoms with E-state index in [-0.39, 0.29) is 11.9 Å². The van der Waals surface area contributed by atoms with Gasteiger partial charge in [0.2, 0.25) is 0 Å². The zero-order valence-electron chi connectivity index (χ0n) is 12.7. The molecule has 1 atom stereocenters. The fourth-order valence-corrected chi connectivity index (χ4v) is 2.60. The molecule has 2 aromatic carbocycles. The summed E-state index contributed by atoms with van der Waals surface area (Å²) in [6, 6.07) is 14.9. The Bertz CT molecular complexity index is 583. The molecular formula is C18H23FN2. The van der Waals surface area contributed by atoms with Crippen molar-refractivity contribution in [2.75, 3.05) is 18.0 Å². The van der Waals surface area contributed by atoms with Crippen molar-refractivity contribution in [3.8, 4) is 0 Å². The quantitative estimate of drug-likeness (QED) is 0.868. The highest BCUT2D eigenvalue weighted by atomic mass is 19.1. The molecular weight excluding hydrogens is 263 g/mol. The number of nitrogens with two attached hydrogens (primary N) is 1. The van der Waals surface area contributed by atoms with E-state index in [1.54, 1.807) is 12.1 Å². The molecule has 2 rings (SSSR count). The SMILES string of the molecule is CCN(CCC(N)c1ccccc1C)c1cccc(F)c1. The molecule has 0 saturated carbocycles. The van der Waals surface area contributed by atoms with Gasteiger partial charge in [0, 0.05) is 24.8 Å². The molecule has 3 heteroatoms. The van der Waals surface area contributed by atoms with E-state index in [2.05, 4.69) is 30.9 Å². The van der Waals surface area contributed by atoms with Gasteiger partial charge < -0.3 is 10.6 Å². The van der Waals surface area contributed by atoms with Gasteiger partial charge in [-0.1, -0.05) is 30.3 Å². The summed E-state index contributed by atoms with van der Waals surface area (Å²) in [6.07, 6.45) is 0.842. The van der Waals surface area contributed by atoms with Crippen LogP contribution in [-0.2, 0) is 0 Å². The van der Waals surface area contributed by atoms with E-state index in [0.717, 1.165) is 25.2 Å². The summed E-state index contributed by atoms with van der Waals surface area (Å²) in [4.78, 5) is 2.15. The van der Waals surface area contributed by atoms with Crippen LogP contribution in [0.2, 0.25) is 0 Å². The minimum atomic E-state index is -0.200. The number of nitrogens with zero attached hydrogens (tertiary/aromatic N) is 1. The van der Waals surface area contributed by atoms with Crippen LogP contribution in [0.25, 0.3) is 0 Å². The predicted molar refractivity (Wildman–Crippen MR) is 87.0 cm³/mol. The molecule has 1 unspecified atom stereocenters. The van der Waals surface area contributed by atoms with Gasteiger partial charge in [0.15, 0.2) is 0 Å². The Balaban J connectivity index is 2.02. The standard InChI is InChI=1S/C18H23FN2/c1-3-21(16-9-6-8-15(19)13-16)12-11-18(20)17-10-5-4-7-14(17)2/h4-10,13,18H,3,11-12,20H2,1-2H3. The Morgan fingerprint density at radius 1 is 1.14 bits per heavy atom. The monoisotopic (exact) mass is 286 g/mol. The molecule has 0 spiro atoms. The maximum absolute atomic E-state index is 13.3. The molecule has 2 N–H and O–H groups in total. The molecule has 0 bridgehead atoms. The van der Waals surface area contributed by atoms with Crippen LogP contribution in [0.5, 0.6) is 0 Å². The zero-order valence-corrected chi connectivity index (χ0v) is 12.7. The Morgan fingerprint density at radius 2 is 1.90 bits per heavy atom. The second kappa shape index (κ2) is 7.23. The van der Waals surface area contributed by atoms with Gasteiger partial charge in [-0.15, -0.1) is 0 Å². The first kappa shape index (κ1) is 15.5.